The molecule has 16 heavy (non-hydrogen) atoms. The smallest absolute Gasteiger partial charge is 0.241 e. The molecule has 0 aliphatic carbocycles. The fourth-order valence-corrected chi connectivity index (χ4v) is 1.56. The molecule has 0 aliphatic heterocycles. The van der Waals surface area contributed by atoms with Crippen LogP contribution in [0.4, 0.5) is 5.69 Å². The van der Waals surface area contributed by atoms with Gasteiger partial charge in [-0.2, -0.15) is 0 Å². The molecule has 0 heterocycles. The van der Waals surface area contributed by atoms with Crippen molar-refractivity contribution in [1.82, 2.24) is 0 Å². The lowest BCUT2D eigenvalue weighted by Gasteiger charge is -2.20. The van der Waals surface area contributed by atoms with E-state index in [2.05, 4.69) is 18.7 Å². The molecule has 0 spiro atoms. The van der Waals surface area contributed by atoms with E-state index in [9.17, 15) is 4.79 Å². The Morgan fingerprint density at radius 3 is 2.25 bits per heavy atom. The third-order valence-corrected chi connectivity index (χ3v) is 2.46. The van der Waals surface area contributed by atoms with Crippen LogP contribution in [0.1, 0.15) is 19.4 Å². The van der Waals surface area contributed by atoms with Gasteiger partial charge >= 0.3 is 0 Å². The largest absolute Gasteiger partial charge is 0.372 e. The number of hydrogen-bond acceptors (Lipinski definition) is 2. The first-order valence-corrected chi connectivity index (χ1v) is 5.50. The van der Waals surface area contributed by atoms with Crippen molar-refractivity contribution in [1.29, 1.82) is 0 Å². The van der Waals surface area contributed by atoms with Crippen LogP contribution in [0.5, 0.6) is 0 Å². The van der Waals surface area contributed by atoms with Crippen molar-refractivity contribution in [2.75, 3.05) is 18.0 Å². The second-order valence-corrected chi connectivity index (χ2v) is 3.50. The van der Waals surface area contributed by atoms with E-state index in [4.69, 9.17) is 5.73 Å². The minimum absolute atomic E-state index is 0.423. The zero-order valence-corrected chi connectivity index (χ0v) is 9.81. The lowest BCUT2D eigenvalue weighted by atomic mass is 10.2. The Kier molecular flexibility index (Phi) is 4.58. The molecule has 0 fully saturated rings. The summed E-state index contributed by atoms with van der Waals surface area (Å²) < 4.78 is 0. The highest BCUT2D eigenvalue weighted by Crippen LogP contribution is 2.15. The fourth-order valence-electron chi connectivity index (χ4n) is 1.56. The molecule has 2 N–H and O–H groups in total. The highest BCUT2D eigenvalue weighted by atomic mass is 16.1. The number of benzene rings is 1. The molecule has 0 saturated carbocycles. The van der Waals surface area contributed by atoms with Crippen LogP contribution in [0, 0.1) is 0 Å². The van der Waals surface area contributed by atoms with Crippen LogP contribution in [-0.4, -0.2) is 19.0 Å². The third kappa shape index (κ3) is 3.42. The molecule has 0 aromatic heterocycles. The van der Waals surface area contributed by atoms with Gasteiger partial charge in [0.25, 0.3) is 0 Å². The lowest BCUT2D eigenvalue weighted by molar-refractivity contribution is -0.113. The molecule has 3 heteroatoms. The maximum atomic E-state index is 10.6. The Labute approximate surface area is 96.6 Å². The lowest BCUT2D eigenvalue weighted by Crippen LogP contribution is -2.21. The number of carbonyl (C=O) groups excluding carboxylic acids is 1. The summed E-state index contributed by atoms with van der Waals surface area (Å²) in [6.07, 6.45) is 3.08. The Morgan fingerprint density at radius 1 is 1.25 bits per heavy atom. The maximum absolute atomic E-state index is 10.6. The number of hydrogen-bond donors (Lipinski definition) is 1. The highest BCUT2D eigenvalue weighted by Gasteiger charge is 1.99. The highest BCUT2D eigenvalue weighted by molar-refractivity contribution is 5.90. The van der Waals surface area contributed by atoms with E-state index in [1.165, 1.54) is 11.8 Å². The van der Waals surface area contributed by atoms with Crippen LogP contribution in [0.2, 0.25) is 0 Å². The van der Waals surface area contributed by atoms with E-state index >= 15 is 0 Å². The van der Waals surface area contributed by atoms with Crippen LogP contribution in [0.3, 0.4) is 0 Å². The van der Waals surface area contributed by atoms with Crippen LogP contribution in [0.25, 0.3) is 6.08 Å². The molecule has 86 valence electrons. The second kappa shape index (κ2) is 5.95. The summed E-state index contributed by atoms with van der Waals surface area (Å²) in [4.78, 5) is 12.8. The average Bonchev–Trinajstić information content (AvgIpc) is 2.29. The number of primary amides is 1. The van der Waals surface area contributed by atoms with Gasteiger partial charge in [0.2, 0.25) is 5.91 Å². The quantitative estimate of drug-likeness (QED) is 0.769. The first-order valence-electron chi connectivity index (χ1n) is 5.50. The predicted molar refractivity (Wildman–Crippen MR) is 68.2 cm³/mol. The van der Waals surface area contributed by atoms with Gasteiger partial charge in [0.05, 0.1) is 0 Å². The van der Waals surface area contributed by atoms with Gasteiger partial charge in [0.1, 0.15) is 0 Å². The van der Waals surface area contributed by atoms with Crippen LogP contribution < -0.4 is 10.6 Å². The maximum Gasteiger partial charge on any atom is 0.241 e. The minimum Gasteiger partial charge on any atom is -0.372 e. The number of nitrogens with two attached hydrogens (primary N) is 1. The normalized spacial score (nSPS) is 10.6. The first-order chi connectivity index (χ1) is 7.67. The Balaban J connectivity index is 2.78. The van der Waals surface area contributed by atoms with Gasteiger partial charge in [-0.15, -0.1) is 0 Å². The van der Waals surface area contributed by atoms with Crippen molar-refractivity contribution >= 4 is 17.7 Å². The monoisotopic (exact) mass is 218 g/mol. The van der Waals surface area contributed by atoms with Crippen molar-refractivity contribution in [3.05, 3.63) is 35.9 Å². The second-order valence-electron chi connectivity index (χ2n) is 3.50. The number of rotatable bonds is 5. The number of amides is 1. The van der Waals surface area contributed by atoms with E-state index in [-0.39, 0.29) is 0 Å². The minimum atomic E-state index is -0.423. The summed E-state index contributed by atoms with van der Waals surface area (Å²) in [7, 11) is 0. The molecular formula is C13H18N2O. The molecule has 0 saturated heterocycles. The summed E-state index contributed by atoms with van der Waals surface area (Å²) in [5.41, 5.74) is 7.20. The third-order valence-electron chi connectivity index (χ3n) is 2.46. The van der Waals surface area contributed by atoms with Gasteiger partial charge in [-0.05, 0) is 37.6 Å². The topological polar surface area (TPSA) is 46.3 Å². The van der Waals surface area contributed by atoms with Crippen molar-refractivity contribution in [2.45, 2.75) is 13.8 Å². The average molecular weight is 218 g/mol. The number of anilines is 1. The van der Waals surface area contributed by atoms with Gasteiger partial charge in [-0.1, -0.05) is 12.1 Å². The molecule has 1 aromatic carbocycles. The van der Waals surface area contributed by atoms with E-state index in [0.717, 1.165) is 18.7 Å². The van der Waals surface area contributed by atoms with Gasteiger partial charge in [0, 0.05) is 24.9 Å². The first kappa shape index (κ1) is 12.3. The Hall–Kier alpha value is -1.77. The van der Waals surface area contributed by atoms with Crippen molar-refractivity contribution < 1.29 is 4.79 Å². The number of carbonyl (C=O) groups is 1. The summed E-state index contributed by atoms with van der Waals surface area (Å²) in [6.45, 7) is 6.24. The van der Waals surface area contributed by atoms with Gasteiger partial charge in [-0.3, -0.25) is 4.79 Å². The summed E-state index contributed by atoms with van der Waals surface area (Å²) in [6, 6.07) is 8.06. The molecule has 1 rings (SSSR count). The Bertz CT molecular complexity index is 364. The van der Waals surface area contributed by atoms with Crippen molar-refractivity contribution in [3.63, 3.8) is 0 Å². The van der Waals surface area contributed by atoms with Crippen LogP contribution in [0.15, 0.2) is 30.3 Å². The molecule has 1 amide bonds. The van der Waals surface area contributed by atoms with E-state index in [1.807, 2.05) is 24.3 Å². The van der Waals surface area contributed by atoms with Crippen LogP contribution >= 0.6 is 0 Å². The zero-order chi connectivity index (χ0) is 12.0. The molecule has 0 unspecified atom stereocenters. The molecular weight excluding hydrogens is 200 g/mol. The molecule has 0 bridgehead atoms. The molecule has 0 radical (unpaired) electrons. The predicted octanol–water partition coefficient (Wildman–Crippen LogP) is 2.03. The molecule has 1 aromatic rings. The van der Waals surface area contributed by atoms with Crippen molar-refractivity contribution in [2.24, 2.45) is 5.73 Å². The van der Waals surface area contributed by atoms with Crippen LogP contribution in [-0.2, 0) is 4.79 Å². The van der Waals surface area contributed by atoms with Crippen molar-refractivity contribution in [3.8, 4) is 0 Å². The van der Waals surface area contributed by atoms with E-state index in [1.54, 1.807) is 6.08 Å². The van der Waals surface area contributed by atoms with Gasteiger partial charge in [-0.25, -0.2) is 0 Å². The number of nitrogens with zero attached hydrogens (tertiary/aromatic N) is 1. The SMILES string of the molecule is CCN(CC)c1ccc(C=CC(N)=O)cc1. The van der Waals surface area contributed by atoms with Gasteiger partial charge < -0.3 is 10.6 Å². The summed E-state index contributed by atoms with van der Waals surface area (Å²) in [5.74, 6) is -0.423. The summed E-state index contributed by atoms with van der Waals surface area (Å²) >= 11 is 0. The van der Waals surface area contributed by atoms with E-state index < -0.39 is 5.91 Å². The fraction of sp³-hybridized carbons (Fsp3) is 0.308. The standard InChI is InChI=1S/C13H18N2O/c1-3-15(4-2)12-8-5-11(6-9-12)7-10-13(14)16/h5-10H,3-4H2,1-2H3,(H2,14,16). The molecule has 0 atom stereocenters. The zero-order valence-electron chi connectivity index (χ0n) is 9.81. The van der Waals surface area contributed by atoms with E-state index in [0.29, 0.717) is 0 Å². The van der Waals surface area contributed by atoms with Gasteiger partial charge in [0.15, 0.2) is 0 Å². The molecule has 3 nitrogen and oxygen atoms in total. The Morgan fingerprint density at radius 2 is 1.81 bits per heavy atom. The molecule has 0 aliphatic rings. The summed E-state index contributed by atoms with van der Waals surface area (Å²) in [5, 5.41) is 0.